The molecule has 0 aliphatic rings. The first-order valence-electron chi connectivity index (χ1n) is 7.61. The molecule has 0 aliphatic carbocycles. The van der Waals surface area contributed by atoms with Gasteiger partial charge in [-0.15, -0.1) is 0 Å². The van der Waals surface area contributed by atoms with E-state index in [-0.39, 0.29) is 5.78 Å². The van der Waals surface area contributed by atoms with E-state index in [1.807, 2.05) is 18.2 Å². The van der Waals surface area contributed by atoms with E-state index in [1.165, 1.54) is 6.08 Å². The first kappa shape index (κ1) is 17.0. The molecule has 0 saturated carbocycles. The van der Waals surface area contributed by atoms with E-state index in [0.717, 1.165) is 16.9 Å². The van der Waals surface area contributed by atoms with Crippen LogP contribution >= 0.6 is 11.6 Å². The Hall–Kier alpha value is -2.86. The van der Waals surface area contributed by atoms with Crippen molar-refractivity contribution < 1.29 is 9.53 Å². The Bertz CT molecular complexity index is 927. The highest BCUT2D eigenvalue weighted by molar-refractivity contribution is 6.30. The van der Waals surface area contributed by atoms with Crippen LogP contribution in [0.4, 0.5) is 0 Å². The number of allylic oxidation sites excluding steroid dienone is 1. The number of aromatic nitrogens is 4. The topological polar surface area (TPSA) is 61.9 Å². The first-order valence-corrected chi connectivity index (χ1v) is 7.99. The van der Waals surface area contributed by atoms with Crippen molar-refractivity contribution in [2.24, 2.45) is 7.05 Å². The third-order valence-electron chi connectivity index (χ3n) is 3.66. The van der Waals surface area contributed by atoms with Crippen LogP contribution in [0, 0.1) is 0 Å². The number of rotatable bonds is 6. The Morgan fingerprint density at radius 3 is 2.76 bits per heavy atom. The second kappa shape index (κ2) is 7.36. The number of ether oxygens (including phenoxy) is 1. The molecule has 3 rings (SSSR count). The van der Waals surface area contributed by atoms with Crippen molar-refractivity contribution in [3.8, 4) is 5.75 Å². The molecule has 0 saturated heterocycles. The number of hydrogen-bond donors (Lipinski definition) is 0. The van der Waals surface area contributed by atoms with E-state index < -0.39 is 0 Å². The zero-order valence-electron chi connectivity index (χ0n) is 13.9. The van der Waals surface area contributed by atoms with Crippen LogP contribution in [0.5, 0.6) is 5.75 Å². The molecule has 7 heteroatoms. The number of nitrogens with zero attached hydrogens (tertiary/aromatic N) is 4. The summed E-state index contributed by atoms with van der Waals surface area (Å²) in [5.74, 6) is 0.659. The van der Waals surface area contributed by atoms with E-state index in [1.54, 1.807) is 54.4 Å². The standard InChI is InChI=1S/C18H17ClN4O2/c1-22-10-15(8-20-22)17(24)5-3-13-4-6-18(25-2)14(7-13)11-23-12-16(19)9-21-23/h3-10,12H,11H2,1-2H3/b5-3+. The average Bonchev–Trinajstić information content (AvgIpc) is 3.21. The second-order valence-corrected chi connectivity index (χ2v) is 5.96. The summed E-state index contributed by atoms with van der Waals surface area (Å²) in [4.78, 5) is 12.1. The molecule has 2 aromatic heterocycles. The molecule has 3 aromatic rings. The molecule has 6 nitrogen and oxygen atoms in total. The quantitative estimate of drug-likeness (QED) is 0.502. The van der Waals surface area contributed by atoms with Gasteiger partial charge in [0.05, 0.1) is 36.6 Å². The van der Waals surface area contributed by atoms with Crippen LogP contribution < -0.4 is 4.74 Å². The van der Waals surface area contributed by atoms with Gasteiger partial charge in [0.25, 0.3) is 0 Å². The van der Waals surface area contributed by atoms with Crippen molar-refractivity contribution in [1.29, 1.82) is 0 Å². The van der Waals surface area contributed by atoms with Gasteiger partial charge in [-0.05, 0) is 23.8 Å². The van der Waals surface area contributed by atoms with Gasteiger partial charge in [-0.25, -0.2) is 0 Å². The predicted molar refractivity (Wildman–Crippen MR) is 95.9 cm³/mol. The molecule has 25 heavy (non-hydrogen) atoms. The van der Waals surface area contributed by atoms with Crippen LogP contribution in [0.25, 0.3) is 6.08 Å². The van der Waals surface area contributed by atoms with Gasteiger partial charge in [-0.2, -0.15) is 10.2 Å². The molecule has 0 amide bonds. The molecule has 0 aliphatic heterocycles. The largest absolute Gasteiger partial charge is 0.496 e. The van der Waals surface area contributed by atoms with Gasteiger partial charge >= 0.3 is 0 Å². The van der Waals surface area contributed by atoms with Gasteiger partial charge in [0.15, 0.2) is 5.78 Å². The van der Waals surface area contributed by atoms with Crippen molar-refractivity contribution in [3.05, 3.63) is 70.8 Å². The minimum absolute atomic E-state index is 0.0932. The lowest BCUT2D eigenvalue weighted by atomic mass is 10.1. The highest BCUT2D eigenvalue weighted by Gasteiger charge is 2.07. The van der Waals surface area contributed by atoms with Crippen molar-refractivity contribution in [1.82, 2.24) is 19.6 Å². The molecule has 0 radical (unpaired) electrons. The average molecular weight is 357 g/mol. The van der Waals surface area contributed by atoms with Crippen molar-refractivity contribution >= 4 is 23.5 Å². The number of benzene rings is 1. The second-order valence-electron chi connectivity index (χ2n) is 5.53. The van der Waals surface area contributed by atoms with Crippen LogP contribution in [0.2, 0.25) is 5.02 Å². The summed E-state index contributed by atoms with van der Waals surface area (Å²) >= 11 is 5.91. The van der Waals surface area contributed by atoms with Crippen LogP contribution in [-0.4, -0.2) is 32.5 Å². The molecular formula is C18H17ClN4O2. The lowest BCUT2D eigenvalue weighted by Crippen LogP contribution is -2.02. The molecule has 2 heterocycles. The molecule has 0 spiro atoms. The maximum Gasteiger partial charge on any atom is 0.189 e. The normalized spacial score (nSPS) is 11.2. The van der Waals surface area contributed by atoms with Gasteiger partial charge in [-0.1, -0.05) is 23.7 Å². The summed E-state index contributed by atoms with van der Waals surface area (Å²) in [6.45, 7) is 0.522. The van der Waals surface area contributed by atoms with E-state index in [2.05, 4.69) is 10.2 Å². The van der Waals surface area contributed by atoms with Gasteiger partial charge in [0.2, 0.25) is 0 Å². The summed E-state index contributed by atoms with van der Waals surface area (Å²) in [6.07, 6.45) is 9.88. The van der Waals surface area contributed by atoms with Crippen LogP contribution in [0.3, 0.4) is 0 Å². The number of methoxy groups -OCH3 is 1. The highest BCUT2D eigenvalue weighted by atomic mass is 35.5. The lowest BCUT2D eigenvalue weighted by molar-refractivity contribution is 0.104. The summed E-state index contributed by atoms with van der Waals surface area (Å²) in [5, 5.41) is 8.76. The maximum atomic E-state index is 12.1. The lowest BCUT2D eigenvalue weighted by Gasteiger charge is -2.09. The highest BCUT2D eigenvalue weighted by Crippen LogP contribution is 2.22. The fourth-order valence-electron chi connectivity index (χ4n) is 2.44. The minimum atomic E-state index is -0.0932. The molecule has 0 atom stereocenters. The number of ketones is 1. The maximum absolute atomic E-state index is 12.1. The molecule has 1 aromatic carbocycles. The Morgan fingerprint density at radius 2 is 2.12 bits per heavy atom. The van der Waals surface area contributed by atoms with Gasteiger partial charge < -0.3 is 4.74 Å². The predicted octanol–water partition coefficient (Wildman–Crippen LogP) is 3.22. The molecule has 0 N–H and O–H groups in total. The fraction of sp³-hybridized carbons (Fsp3) is 0.167. The molecule has 0 unspecified atom stereocenters. The van der Waals surface area contributed by atoms with Crippen molar-refractivity contribution in [2.75, 3.05) is 7.11 Å². The Balaban J connectivity index is 1.81. The Labute approximate surface area is 150 Å². The van der Waals surface area contributed by atoms with Crippen LogP contribution in [0.15, 0.2) is 49.1 Å². The fourth-order valence-corrected chi connectivity index (χ4v) is 2.60. The van der Waals surface area contributed by atoms with Gasteiger partial charge in [-0.3, -0.25) is 14.2 Å². The van der Waals surface area contributed by atoms with Gasteiger partial charge in [0, 0.05) is 25.0 Å². The monoisotopic (exact) mass is 356 g/mol. The first-order chi connectivity index (χ1) is 12.0. The third-order valence-corrected chi connectivity index (χ3v) is 3.85. The van der Waals surface area contributed by atoms with E-state index >= 15 is 0 Å². The number of aryl methyl sites for hydroxylation is 1. The molecular weight excluding hydrogens is 340 g/mol. The van der Waals surface area contributed by atoms with Crippen LogP contribution in [0.1, 0.15) is 21.5 Å². The smallest absolute Gasteiger partial charge is 0.189 e. The Morgan fingerprint density at radius 1 is 1.28 bits per heavy atom. The number of hydrogen-bond acceptors (Lipinski definition) is 4. The molecule has 0 fully saturated rings. The zero-order valence-corrected chi connectivity index (χ0v) is 14.6. The van der Waals surface area contributed by atoms with Crippen LogP contribution in [-0.2, 0) is 13.6 Å². The number of carbonyl (C=O) groups excluding carboxylic acids is 1. The van der Waals surface area contributed by atoms with Crippen molar-refractivity contribution in [3.63, 3.8) is 0 Å². The number of halogens is 1. The number of carbonyl (C=O) groups is 1. The summed E-state index contributed by atoms with van der Waals surface area (Å²) in [6, 6.07) is 5.72. The summed E-state index contributed by atoms with van der Waals surface area (Å²) in [7, 11) is 3.40. The molecule has 128 valence electrons. The minimum Gasteiger partial charge on any atom is -0.496 e. The van der Waals surface area contributed by atoms with E-state index in [9.17, 15) is 4.79 Å². The third kappa shape index (κ3) is 4.16. The summed E-state index contributed by atoms with van der Waals surface area (Å²) in [5.41, 5.74) is 2.39. The van der Waals surface area contributed by atoms with Crippen molar-refractivity contribution in [2.45, 2.75) is 6.54 Å². The zero-order chi connectivity index (χ0) is 17.8. The SMILES string of the molecule is COc1ccc(/C=C/C(=O)c2cnn(C)c2)cc1Cn1cc(Cl)cn1. The van der Waals surface area contributed by atoms with Gasteiger partial charge in [0.1, 0.15) is 5.75 Å². The Kier molecular flexibility index (Phi) is 5.00. The van der Waals surface area contributed by atoms with E-state index in [0.29, 0.717) is 17.1 Å². The molecule has 0 bridgehead atoms. The summed E-state index contributed by atoms with van der Waals surface area (Å²) < 4.78 is 8.73. The van der Waals surface area contributed by atoms with E-state index in [4.69, 9.17) is 16.3 Å².